The lowest BCUT2D eigenvalue weighted by molar-refractivity contribution is 0.771. The summed E-state index contributed by atoms with van der Waals surface area (Å²) < 4.78 is 1.80. The van der Waals surface area contributed by atoms with Crippen molar-refractivity contribution in [3.63, 3.8) is 0 Å². The number of anilines is 3. The second kappa shape index (κ2) is 5.96. The van der Waals surface area contributed by atoms with Crippen LogP contribution in [-0.2, 0) is 7.05 Å². The molecule has 122 valence electrons. The SMILES string of the molecule is Cc1ccccc1Nc1nn(C)cc1-c1cc(NC2CC2)ncn1. The minimum atomic E-state index is 0.561. The predicted octanol–water partition coefficient (Wildman–Crippen LogP) is 3.50. The van der Waals surface area contributed by atoms with Crippen molar-refractivity contribution in [2.24, 2.45) is 7.05 Å². The Morgan fingerprint density at radius 3 is 2.79 bits per heavy atom. The maximum Gasteiger partial charge on any atom is 0.161 e. The van der Waals surface area contributed by atoms with Gasteiger partial charge in [-0.25, -0.2) is 9.97 Å². The summed E-state index contributed by atoms with van der Waals surface area (Å²) in [5.74, 6) is 1.66. The highest BCUT2D eigenvalue weighted by molar-refractivity contribution is 5.77. The monoisotopic (exact) mass is 320 g/mol. The van der Waals surface area contributed by atoms with Gasteiger partial charge in [0.25, 0.3) is 0 Å². The largest absolute Gasteiger partial charge is 0.367 e. The molecule has 0 atom stereocenters. The Morgan fingerprint density at radius 1 is 1.17 bits per heavy atom. The summed E-state index contributed by atoms with van der Waals surface area (Å²) in [7, 11) is 1.91. The van der Waals surface area contributed by atoms with Crippen molar-refractivity contribution in [3.8, 4) is 11.3 Å². The van der Waals surface area contributed by atoms with Gasteiger partial charge in [-0.1, -0.05) is 18.2 Å². The molecule has 0 amide bonds. The number of benzene rings is 1. The minimum Gasteiger partial charge on any atom is -0.367 e. The van der Waals surface area contributed by atoms with Crippen molar-refractivity contribution in [3.05, 3.63) is 48.4 Å². The van der Waals surface area contributed by atoms with E-state index in [0.29, 0.717) is 6.04 Å². The Morgan fingerprint density at radius 2 is 2.00 bits per heavy atom. The van der Waals surface area contributed by atoms with E-state index >= 15 is 0 Å². The Balaban J connectivity index is 1.67. The van der Waals surface area contributed by atoms with Crippen LogP contribution in [0.1, 0.15) is 18.4 Å². The van der Waals surface area contributed by atoms with Crippen LogP contribution in [-0.4, -0.2) is 25.8 Å². The summed E-state index contributed by atoms with van der Waals surface area (Å²) in [4.78, 5) is 8.74. The number of hydrogen-bond donors (Lipinski definition) is 2. The van der Waals surface area contributed by atoms with E-state index in [4.69, 9.17) is 0 Å². The van der Waals surface area contributed by atoms with Gasteiger partial charge < -0.3 is 10.6 Å². The first-order valence-corrected chi connectivity index (χ1v) is 8.14. The average Bonchev–Trinajstić information content (AvgIpc) is 3.31. The average molecular weight is 320 g/mol. The smallest absolute Gasteiger partial charge is 0.161 e. The molecule has 3 aromatic rings. The van der Waals surface area contributed by atoms with Gasteiger partial charge in [-0.15, -0.1) is 0 Å². The van der Waals surface area contributed by atoms with Crippen LogP contribution in [0.2, 0.25) is 0 Å². The van der Waals surface area contributed by atoms with Gasteiger partial charge in [0.2, 0.25) is 0 Å². The minimum absolute atomic E-state index is 0.561. The zero-order valence-corrected chi connectivity index (χ0v) is 13.8. The van der Waals surface area contributed by atoms with Gasteiger partial charge in [-0.2, -0.15) is 5.10 Å². The van der Waals surface area contributed by atoms with Crippen molar-refractivity contribution >= 4 is 17.3 Å². The highest BCUT2D eigenvalue weighted by atomic mass is 15.3. The maximum absolute atomic E-state index is 4.55. The number of nitrogens with one attached hydrogen (secondary N) is 2. The number of aryl methyl sites for hydroxylation is 2. The van der Waals surface area contributed by atoms with Crippen LogP contribution in [0.25, 0.3) is 11.3 Å². The Kier molecular flexibility index (Phi) is 3.65. The van der Waals surface area contributed by atoms with Gasteiger partial charge in [0.05, 0.1) is 11.3 Å². The molecule has 0 bridgehead atoms. The lowest BCUT2D eigenvalue weighted by Gasteiger charge is -2.09. The lowest BCUT2D eigenvalue weighted by atomic mass is 10.2. The van der Waals surface area contributed by atoms with E-state index in [0.717, 1.165) is 28.6 Å². The molecule has 1 saturated carbocycles. The van der Waals surface area contributed by atoms with E-state index < -0.39 is 0 Å². The molecular formula is C18H20N6. The number of hydrogen-bond acceptors (Lipinski definition) is 5. The van der Waals surface area contributed by atoms with Gasteiger partial charge in [-0.3, -0.25) is 4.68 Å². The van der Waals surface area contributed by atoms with Crippen LogP contribution in [0.4, 0.5) is 17.3 Å². The molecule has 0 saturated heterocycles. The summed E-state index contributed by atoms with van der Waals surface area (Å²) >= 11 is 0. The standard InChI is InChI=1S/C18H20N6/c1-12-5-3-4-6-15(12)22-18-14(10-24(2)23-18)16-9-17(20-11-19-16)21-13-7-8-13/h3-6,9-11,13H,7-8H2,1-2H3,(H,22,23)(H,19,20,21). The molecule has 0 unspecified atom stereocenters. The quantitative estimate of drug-likeness (QED) is 0.753. The number of aromatic nitrogens is 4. The van der Waals surface area contributed by atoms with Crippen molar-refractivity contribution in [1.29, 1.82) is 0 Å². The highest BCUT2D eigenvalue weighted by Gasteiger charge is 2.22. The Bertz CT molecular complexity index is 865. The molecule has 1 aliphatic rings. The summed E-state index contributed by atoms with van der Waals surface area (Å²) in [5.41, 5.74) is 4.04. The van der Waals surface area contributed by atoms with Gasteiger partial charge in [0.1, 0.15) is 12.1 Å². The molecule has 0 radical (unpaired) electrons. The molecule has 1 aliphatic carbocycles. The summed E-state index contributed by atoms with van der Waals surface area (Å²) in [5, 5.41) is 11.4. The molecular weight excluding hydrogens is 300 g/mol. The van der Waals surface area contributed by atoms with E-state index in [9.17, 15) is 0 Å². The zero-order chi connectivity index (χ0) is 16.5. The molecule has 6 heteroatoms. The first-order chi connectivity index (χ1) is 11.7. The van der Waals surface area contributed by atoms with Crippen molar-refractivity contribution < 1.29 is 0 Å². The van der Waals surface area contributed by atoms with E-state index in [2.05, 4.69) is 38.7 Å². The summed E-state index contributed by atoms with van der Waals surface area (Å²) in [6, 6.07) is 10.7. The highest BCUT2D eigenvalue weighted by Crippen LogP contribution is 2.30. The molecule has 1 fully saturated rings. The predicted molar refractivity (Wildman–Crippen MR) is 95.3 cm³/mol. The van der Waals surface area contributed by atoms with Gasteiger partial charge >= 0.3 is 0 Å². The number of nitrogens with zero attached hydrogens (tertiary/aromatic N) is 4. The second-order valence-corrected chi connectivity index (χ2v) is 6.21. The maximum atomic E-state index is 4.55. The van der Waals surface area contributed by atoms with Crippen LogP contribution in [0.5, 0.6) is 0 Å². The van der Waals surface area contributed by atoms with Gasteiger partial charge in [-0.05, 0) is 31.4 Å². The molecule has 1 aromatic carbocycles. The van der Waals surface area contributed by atoms with Crippen molar-refractivity contribution in [2.45, 2.75) is 25.8 Å². The fourth-order valence-corrected chi connectivity index (χ4v) is 2.63. The van der Waals surface area contributed by atoms with Crippen LogP contribution >= 0.6 is 0 Å². The zero-order valence-electron chi connectivity index (χ0n) is 13.8. The molecule has 24 heavy (non-hydrogen) atoms. The Labute approximate surface area is 141 Å². The topological polar surface area (TPSA) is 67.7 Å². The first kappa shape index (κ1) is 14.7. The molecule has 2 aromatic heterocycles. The molecule has 2 heterocycles. The fourth-order valence-electron chi connectivity index (χ4n) is 2.63. The van der Waals surface area contributed by atoms with Crippen LogP contribution in [0, 0.1) is 6.92 Å². The second-order valence-electron chi connectivity index (χ2n) is 6.21. The van der Waals surface area contributed by atoms with E-state index in [1.807, 2.05) is 37.5 Å². The van der Waals surface area contributed by atoms with Gasteiger partial charge in [0.15, 0.2) is 5.82 Å². The molecule has 2 N–H and O–H groups in total. The molecule has 0 spiro atoms. The van der Waals surface area contributed by atoms with E-state index in [1.165, 1.54) is 18.4 Å². The number of rotatable bonds is 5. The van der Waals surface area contributed by atoms with Crippen LogP contribution in [0.3, 0.4) is 0 Å². The summed E-state index contributed by atoms with van der Waals surface area (Å²) in [6.07, 6.45) is 6.01. The first-order valence-electron chi connectivity index (χ1n) is 8.14. The van der Waals surface area contributed by atoms with Crippen LogP contribution < -0.4 is 10.6 Å². The molecule has 4 rings (SSSR count). The normalized spacial score (nSPS) is 13.8. The third kappa shape index (κ3) is 3.08. The third-order valence-electron chi connectivity index (χ3n) is 4.10. The van der Waals surface area contributed by atoms with Gasteiger partial charge in [0, 0.05) is 31.0 Å². The third-order valence-corrected chi connectivity index (χ3v) is 4.10. The number of para-hydroxylation sites is 1. The van der Waals surface area contributed by atoms with E-state index in [-0.39, 0.29) is 0 Å². The lowest BCUT2D eigenvalue weighted by Crippen LogP contribution is -2.03. The molecule has 0 aliphatic heterocycles. The summed E-state index contributed by atoms with van der Waals surface area (Å²) in [6.45, 7) is 2.08. The molecule has 6 nitrogen and oxygen atoms in total. The Hall–Kier alpha value is -2.89. The fraction of sp³-hybridized carbons (Fsp3) is 0.278. The van der Waals surface area contributed by atoms with Crippen molar-refractivity contribution in [2.75, 3.05) is 10.6 Å². The van der Waals surface area contributed by atoms with Crippen LogP contribution in [0.15, 0.2) is 42.9 Å². The van der Waals surface area contributed by atoms with E-state index in [1.54, 1.807) is 11.0 Å². The van der Waals surface area contributed by atoms with Crippen molar-refractivity contribution in [1.82, 2.24) is 19.7 Å².